The summed E-state index contributed by atoms with van der Waals surface area (Å²) < 4.78 is 12.9. The van der Waals surface area contributed by atoms with Gasteiger partial charge in [0.1, 0.15) is 5.82 Å². The number of alkyl halides is 1. The van der Waals surface area contributed by atoms with E-state index in [9.17, 15) is 4.39 Å². The first-order valence-electron chi connectivity index (χ1n) is 3.15. The number of halogens is 3. The quantitative estimate of drug-likeness (QED) is 0.654. The SMILES string of the molecule is Cc1cc(CBr)cc(F)c1Cl. The van der Waals surface area contributed by atoms with Crippen LogP contribution in [0.3, 0.4) is 0 Å². The van der Waals surface area contributed by atoms with E-state index in [0.717, 1.165) is 11.1 Å². The lowest BCUT2D eigenvalue weighted by molar-refractivity contribution is 0.625. The summed E-state index contributed by atoms with van der Waals surface area (Å²) in [5, 5.41) is 0.872. The fraction of sp³-hybridized carbons (Fsp3) is 0.250. The maximum Gasteiger partial charge on any atom is 0.142 e. The summed E-state index contributed by atoms with van der Waals surface area (Å²) in [7, 11) is 0. The number of hydrogen-bond donors (Lipinski definition) is 0. The van der Waals surface area contributed by atoms with E-state index in [2.05, 4.69) is 15.9 Å². The Hall–Kier alpha value is -0.0800. The van der Waals surface area contributed by atoms with Crippen molar-refractivity contribution in [3.05, 3.63) is 34.1 Å². The third-order valence-electron chi connectivity index (χ3n) is 1.42. The van der Waals surface area contributed by atoms with Crippen molar-refractivity contribution in [3.63, 3.8) is 0 Å². The van der Waals surface area contributed by atoms with Crippen molar-refractivity contribution in [2.75, 3.05) is 0 Å². The van der Waals surface area contributed by atoms with Gasteiger partial charge in [-0.25, -0.2) is 4.39 Å². The molecule has 0 fully saturated rings. The Bertz CT molecular complexity index is 250. The molecule has 1 aromatic carbocycles. The third kappa shape index (κ3) is 1.94. The highest BCUT2D eigenvalue weighted by atomic mass is 79.9. The van der Waals surface area contributed by atoms with Gasteiger partial charge in [-0.2, -0.15) is 0 Å². The predicted octanol–water partition coefficient (Wildman–Crippen LogP) is 3.68. The lowest BCUT2D eigenvalue weighted by Gasteiger charge is -2.01. The van der Waals surface area contributed by atoms with E-state index in [1.807, 2.05) is 6.07 Å². The van der Waals surface area contributed by atoms with Gasteiger partial charge in [-0.1, -0.05) is 33.6 Å². The van der Waals surface area contributed by atoms with Crippen LogP contribution in [0.15, 0.2) is 12.1 Å². The Morgan fingerprint density at radius 2 is 2.18 bits per heavy atom. The molecule has 0 unspecified atom stereocenters. The summed E-state index contributed by atoms with van der Waals surface area (Å²) in [5.74, 6) is -0.346. The molecular weight excluding hydrogens is 230 g/mol. The molecule has 0 aliphatic rings. The van der Waals surface area contributed by atoms with Gasteiger partial charge in [0.05, 0.1) is 5.02 Å². The highest BCUT2D eigenvalue weighted by molar-refractivity contribution is 9.08. The molecule has 1 aromatic rings. The third-order valence-corrected chi connectivity index (χ3v) is 2.55. The Morgan fingerprint density at radius 1 is 1.55 bits per heavy atom. The van der Waals surface area contributed by atoms with E-state index >= 15 is 0 Å². The van der Waals surface area contributed by atoms with Crippen molar-refractivity contribution in [1.82, 2.24) is 0 Å². The highest BCUT2D eigenvalue weighted by Gasteiger charge is 2.03. The number of benzene rings is 1. The van der Waals surface area contributed by atoms with Crippen molar-refractivity contribution < 1.29 is 4.39 Å². The van der Waals surface area contributed by atoms with Gasteiger partial charge in [0.15, 0.2) is 0 Å². The summed E-state index contributed by atoms with van der Waals surface area (Å²) in [5.41, 5.74) is 1.69. The van der Waals surface area contributed by atoms with Crippen LogP contribution in [-0.4, -0.2) is 0 Å². The highest BCUT2D eigenvalue weighted by Crippen LogP contribution is 2.21. The smallest absolute Gasteiger partial charge is 0.142 e. The second-order valence-corrected chi connectivity index (χ2v) is 3.28. The topological polar surface area (TPSA) is 0 Å². The maximum atomic E-state index is 12.9. The fourth-order valence-electron chi connectivity index (χ4n) is 0.875. The average molecular weight is 237 g/mol. The molecular formula is C8H7BrClF. The summed E-state index contributed by atoms with van der Waals surface area (Å²) in [6.07, 6.45) is 0. The van der Waals surface area contributed by atoms with Gasteiger partial charge in [0, 0.05) is 5.33 Å². The molecule has 0 aliphatic carbocycles. The molecule has 0 amide bonds. The minimum atomic E-state index is -0.346. The van der Waals surface area contributed by atoms with Gasteiger partial charge in [-0.05, 0) is 24.1 Å². The first-order chi connectivity index (χ1) is 5.15. The zero-order chi connectivity index (χ0) is 8.43. The van der Waals surface area contributed by atoms with Crippen LogP contribution in [0.2, 0.25) is 5.02 Å². The molecule has 0 N–H and O–H groups in total. The second-order valence-electron chi connectivity index (χ2n) is 2.34. The van der Waals surface area contributed by atoms with Gasteiger partial charge < -0.3 is 0 Å². The molecule has 0 spiro atoms. The summed E-state index contributed by atoms with van der Waals surface area (Å²) in [6, 6.07) is 3.30. The van der Waals surface area contributed by atoms with Crippen molar-refractivity contribution in [1.29, 1.82) is 0 Å². The standard InChI is InChI=1S/C8H7BrClF/c1-5-2-6(4-9)3-7(11)8(5)10/h2-3H,4H2,1H3. The van der Waals surface area contributed by atoms with Gasteiger partial charge >= 0.3 is 0 Å². The second kappa shape index (κ2) is 3.55. The first kappa shape index (κ1) is 9.01. The van der Waals surface area contributed by atoms with Crippen LogP contribution in [0, 0.1) is 12.7 Å². The van der Waals surface area contributed by atoms with Gasteiger partial charge in [0.25, 0.3) is 0 Å². The summed E-state index contributed by atoms with van der Waals surface area (Å²) >= 11 is 8.86. The lowest BCUT2D eigenvalue weighted by Crippen LogP contribution is -1.86. The number of hydrogen-bond acceptors (Lipinski definition) is 0. The lowest BCUT2D eigenvalue weighted by atomic mass is 10.1. The molecule has 60 valence electrons. The predicted molar refractivity (Wildman–Crippen MR) is 48.8 cm³/mol. The van der Waals surface area contributed by atoms with E-state index in [4.69, 9.17) is 11.6 Å². The molecule has 0 aromatic heterocycles. The number of rotatable bonds is 1. The van der Waals surface area contributed by atoms with Gasteiger partial charge in [-0.15, -0.1) is 0 Å². The molecule has 1 rings (SSSR count). The van der Waals surface area contributed by atoms with Crippen LogP contribution in [0.25, 0.3) is 0 Å². The molecule has 0 atom stereocenters. The molecule has 0 heterocycles. The Balaban J connectivity index is 3.21. The molecule has 0 nitrogen and oxygen atoms in total. The maximum absolute atomic E-state index is 12.9. The van der Waals surface area contributed by atoms with Crippen molar-refractivity contribution in [3.8, 4) is 0 Å². The average Bonchev–Trinajstić information content (AvgIpc) is 1.99. The van der Waals surface area contributed by atoms with E-state index in [0.29, 0.717) is 5.33 Å². The molecule has 0 saturated heterocycles. The van der Waals surface area contributed by atoms with Crippen LogP contribution in [0.4, 0.5) is 4.39 Å². The first-order valence-corrected chi connectivity index (χ1v) is 4.65. The summed E-state index contributed by atoms with van der Waals surface area (Å²) in [6.45, 7) is 1.79. The Kier molecular flexibility index (Phi) is 2.90. The minimum Gasteiger partial charge on any atom is -0.205 e. The molecule has 0 aliphatic heterocycles. The molecule has 0 saturated carbocycles. The molecule has 3 heteroatoms. The Labute approximate surface area is 78.5 Å². The van der Waals surface area contributed by atoms with Crippen molar-refractivity contribution in [2.45, 2.75) is 12.3 Å². The van der Waals surface area contributed by atoms with Crippen molar-refractivity contribution >= 4 is 27.5 Å². The largest absolute Gasteiger partial charge is 0.205 e. The van der Waals surface area contributed by atoms with Crippen LogP contribution >= 0.6 is 27.5 Å². The zero-order valence-corrected chi connectivity index (χ0v) is 8.34. The zero-order valence-electron chi connectivity index (χ0n) is 6.00. The van der Waals surface area contributed by atoms with Crippen LogP contribution < -0.4 is 0 Å². The minimum absolute atomic E-state index is 0.217. The number of aryl methyl sites for hydroxylation is 1. The molecule has 0 radical (unpaired) electrons. The van der Waals surface area contributed by atoms with Crippen molar-refractivity contribution in [2.24, 2.45) is 0 Å². The molecule has 11 heavy (non-hydrogen) atoms. The van der Waals surface area contributed by atoms with Gasteiger partial charge in [0.2, 0.25) is 0 Å². The van der Waals surface area contributed by atoms with E-state index in [-0.39, 0.29) is 10.8 Å². The van der Waals surface area contributed by atoms with Crippen LogP contribution in [0.1, 0.15) is 11.1 Å². The monoisotopic (exact) mass is 236 g/mol. The van der Waals surface area contributed by atoms with Crippen LogP contribution in [0.5, 0.6) is 0 Å². The fourth-order valence-corrected chi connectivity index (χ4v) is 1.31. The Morgan fingerprint density at radius 3 is 2.64 bits per heavy atom. The summed E-state index contributed by atoms with van der Waals surface area (Å²) in [4.78, 5) is 0. The van der Waals surface area contributed by atoms with E-state index in [1.54, 1.807) is 6.92 Å². The van der Waals surface area contributed by atoms with Crippen LogP contribution in [-0.2, 0) is 5.33 Å². The van der Waals surface area contributed by atoms with E-state index in [1.165, 1.54) is 6.07 Å². The normalized spacial score (nSPS) is 10.2. The van der Waals surface area contributed by atoms with E-state index < -0.39 is 0 Å². The van der Waals surface area contributed by atoms with Gasteiger partial charge in [-0.3, -0.25) is 0 Å². The molecule has 0 bridgehead atoms.